The van der Waals surface area contributed by atoms with Crippen LogP contribution in [0.15, 0.2) is 48.8 Å². The number of ether oxygens (including phenoxy) is 4. The molecule has 1 aliphatic carbocycles. The lowest BCUT2D eigenvalue weighted by atomic mass is 9.84. The molecule has 0 spiro atoms. The molecule has 16 nitrogen and oxygen atoms in total. The van der Waals surface area contributed by atoms with Crippen molar-refractivity contribution in [2.75, 3.05) is 14.2 Å². The average molecular weight is 1000 g/mol. The molecule has 1 unspecified atom stereocenters. The number of H-pyrrole nitrogens is 2. The number of alkyl carbamates (subject to hydrolysis) is 2. The van der Waals surface area contributed by atoms with Crippen LogP contribution in [0, 0.1) is 24.2 Å². The Morgan fingerprint density at radius 2 is 1.19 bits per heavy atom. The zero-order valence-electron chi connectivity index (χ0n) is 44.8. The number of methoxy groups -OCH3 is 2. The highest BCUT2D eigenvalue weighted by atomic mass is 16.5. The van der Waals surface area contributed by atoms with E-state index in [2.05, 4.69) is 76.8 Å². The van der Waals surface area contributed by atoms with Gasteiger partial charge in [0.2, 0.25) is 11.8 Å². The number of amides is 4. The maximum absolute atomic E-state index is 14.8. The largest absolute Gasteiger partial charge is 0.453 e. The number of carbonyl (C=O) groups excluding carboxylic acids is 4. The molecule has 0 saturated carbocycles. The Labute approximate surface area is 431 Å². The van der Waals surface area contributed by atoms with Crippen molar-refractivity contribution in [1.82, 2.24) is 40.4 Å². The lowest BCUT2D eigenvalue weighted by molar-refractivity contribution is -0.143. The fourth-order valence-electron chi connectivity index (χ4n) is 11.7. The summed E-state index contributed by atoms with van der Waals surface area (Å²) in [5.41, 5.74) is 8.57. The van der Waals surface area contributed by atoms with Gasteiger partial charge in [-0.1, -0.05) is 63.1 Å². The summed E-state index contributed by atoms with van der Waals surface area (Å²) in [5, 5.41) is 5.76. The van der Waals surface area contributed by atoms with Gasteiger partial charge in [-0.15, -0.1) is 6.42 Å². The van der Waals surface area contributed by atoms with E-state index in [1.54, 1.807) is 4.90 Å². The molecule has 2 aliphatic heterocycles. The average Bonchev–Trinajstić information content (AvgIpc) is 4.20. The van der Waals surface area contributed by atoms with E-state index < -0.39 is 42.4 Å². The molecule has 4 N–H and O–H groups in total. The summed E-state index contributed by atoms with van der Waals surface area (Å²) in [5.74, 6) is 3.35. The minimum Gasteiger partial charge on any atom is -0.453 e. The van der Waals surface area contributed by atoms with Crippen molar-refractivity contribution in [2.45, 2.75) is 187 Å². The fourth-order valence-corrected chi connectivity index (χ4v) is 11.7. The second-order valence-electron chi connectivity index (χ2n) is 20.5. The minimum atomic E-state index is -0.867. The number of nitrogens with one attached hydrogen (secondary N) is 4. The van der Waals surface area contributed by atoms with Crippen LogP contribution in [0.2, 0.25) is 0 Å². The highest BCUT2D eigenvalue weighted by Gasteiger charge is 2.43. The van der Waals surface area contributed by atoms with Gasteiger partial charge >= 0.3 is 12.2 Å². The Hall–Kier alpha value is -6.18. The summed E-state index contributed by atoms with van der Waals surface area (Å²) in [6, 6.07) is 9.53. The second kappa shape index (κ2) is 24.2. The summed E-state index contributed by atoms with van der Waals surface area (Å²) < 4.78 is 22.1. The number of fused-ring (bicyclic) bond motifs is 1. The number of carbonyl (C=O) groups is 4. The van der Waals surface area contributed by atoms with Gasteiger partial charge in [-0.05, 0) is 145 Å². The molecule has 2 saturated heterocycles. The maximum Gasteiger partial charge on any atom is 0.407 e. The van der Waals surface area contributed by atoms with Crippen LogP contribution in [-0.2, 0) is 41.4 Å². The first-order valence-electron chi connectivity index (χ1n) is 26.5. The Kier molecular flexibility index (Phi) is 18.1. The molecule has 0 bridgehead atoms. The molecular weight excluding hydrogens is 925 g/mol. The van der Waals surface area contributed by atoms with Crippen LogP contribution in [0.5, 0.6) is 0 Å². The van der Waals surface area contributed by atoms with E-state index in [1.165, 1.54) is 30.9 Å². The molecule has 2 fully saturated rings. The lowest BCUT2D eigenvalue weighted by Crippen LogP contribution is -2.57. The number of benzene rings is 2. The molecule has 4 amide bonds. The van der Waals surface area contributed by atoms with Crippen molar-refractivity contribution in [1.29, 1.82) is 0 Å². The molecule has 2 aromatic heterocycles. The minimum absolute atomic E-state index is 0.0303. The second-order valence-corrected chi connectivity index (χ2v) is 20.5. The molecule has 394 valence electrons. The number of imidazole rings is 2. The third kappa shape index (κ3) is 12.1. The number of hydrogen-bond acceptors (Lipinski definition) is 10. The quantitative estimate of drug-likeness (QED) is 0.0698. The molecule has 3 aliphatic rings. The summed E-state index contributed by atoms with van der Waals surface area (Å²) >= 11 is 0. The smallest absolute Gasteiger partial charge is 0.407 e. The Balaban J connectivity index is 1.11. The first kappa shape index (κ1) is 54.6. The van der Waals surface area contributed by atoms with Crippen molar-refractivity contribution in [2.24, 2.45) is 11.8 Å². The predicted octanol–water partition coefficient (Wildman–Crippen LogP) is 9.86. The lowest BCUT2D eigenvalue weighted by Gasteiger charge is -2.41. The summed E-state index contributed by atoms with van der Waals surface area (Å²) in [6.07, 6.45) is 15.7. The van der Waals surface area contributed by atoms with Gasteiger partial charge in [0.25, 0.3) is 0 Å². The van der Waals surface area contributed by atoms with Gasteiger partial charge in [0, 0.05) is 11.6 Å². The van der Waals surface area contributed by atoms with Gasteiger partial charge in [0.1, 0.15) is 23.7 Å². The Morgan fingerprint density at radius 1 is 0.699 bits per heavy atom. The van der Waals surface area contributed by atoms with Gasteiger partial charge in [-0.25, -0.2) is 19.6 Å². The Morgan fingerprint density at radius 3 is 1.74 bits per heavy atom. The van der Waals surface area contributed by atoms with Gasteiger partial charge in [-0.3, -0.25) is 9.59 Å². The Bertz CT molecular complexity index is 2580. The van der Waals surface area contributed by atoms with Crippen molar-refractivity contribution in [3.63, 3.8) is 0 Å². The summed E-state index contributed by atoms with van der Waals surface area (Å²) in [7, 11) is 2.61. The standard InChI is InChI=1S/C57H78N8O8/c1-13-32(5)64(54(66)50(62-56(68)70-11)40-26-33(6)72-34(7)27-40)36(9)52-58-30-48(60-52)39-22-20-38(21-23-39)44-24-25-47(46-19-17-18-45(44)46)49-31-59-53(61-49)37(10)65(42(14-2)15-3)55(67)51(63-57(69)71-12)41-28-35(8)73-43(16-4)29-41/h2,20-25,30-37,40-43,50-51H,13,15-19,26-29H2,1,3-12H3,(H,58,60)(H,59,61)(H,62,68)(H,63,69)/t32-,33+,34+,35+,36-,37-,41?,42-,43+,50-,51-/m0/s1. The first-order chi connectivity index (χ1) is 35.0. The normalized spacial score (nSPS) is 23.1. The van der Waals surface area contributed by atoms with E-state index in [4.69, 9.17) is 35.3 Å². The van der Waals surface area contributed by atoms with Gasteiger partial charge in [0.15, 0.2) is 0 Å². The van der Waals surface area contributed by atoms with E-state index in [9.17, 15) is 19.2 Å². The molecule has 16 heteroatoms. The molecule has 7 rings (SSSR count). The number of nitrogens with zero attached hydrogens (tertiary/aromatic N) is 4. The van der Waals surface area contributed by atoms with E-state index >= 15 is 0 Å². The molecule has 2 aromatic carbocycles. The van der Waals surface area contributed by atoms with Gasteiger partial charge in [-0.2, -0.15) is 0 Å². The summed E-state index contributed by atoms with van der Waals surface area (Å²) in [6.45, 7) is 18.0. The number of rotatable bonds is 18. The number of hydrogen-bond donors (Lipinski definition) is 4. The van der Waals surface area contributed by atoms with Crippen molar-refractivity contribution in [3.05, 3.63) is 71.6 Å². The third-order valence-corrected chi connectivity index (χ3v) is 15.6. The monoisotopic (exact) mass is 1000 g/mol. The van der Waals surface area contributed by atoms with Gasteiger partial charge < -0.3 is 49.3 Å². The van der Waals surface area contributed by atoms with Crippen molar-refractivity contribution in [3.8, 4) is 46.0 Å². The summed E-state index contributed by atoms with van der Waals surface area (Å²) in [4.78, 5) is 75.2. The molecule has 11 atom stereocenters. The van der Waals surface area contributed by atoms with E-state index in [0.717, 1.165) is 53.8 Å². The SMILES string of the molecule is C#C[C@@H](CC)N(C(=O)[C@@H](NC(=O)OC)C1C[C@@H](CC)O[C@H](C)C1)[C@@H](C)c1ncc(-c2ccc(-c3ccc(-c4cnc([C@H](C)N(C(=O)[C@@H](NC(=O)OC)C5C[C@@H](C)O[C@H](C)C5)[C@@H](C)CC)[nH]4)cc3)c3c2CCC3)[nH]1. The fraction of sp³-hybridized carbons (Fsp3) is 0.579. The van der Waals surface area contributed by atoms with Crippen molar-refractivity contribution < 1.29 is 38.1 Å². The van der Waals surface area contributed by atoms with Gasteiger partial charge in [0.05, 0.1) is 80.5 Å². The maximum atomic E-state index is 14.8. The van der Waals surface area contributed by atoms with Crippen LogP contribution in [0.1, 0.15) is 149 Å². The van der Waals surface area contributed by atoms with Crippen LogP contribution >= 0.6 is 0 Å². The van der Waals surface area contributed by atoms with E-state index in [0.29, 0.717) is 50.2 Å². The molecule has 4 heterocycles. The number of aromatic amines is 2. The topological polar surface area (TPSA) is 193 Å². The van der Waals surface area contributed by atoms with Crippen molar-refractivity contribution >= 4 is 24.0 Å². The van der Waals surface area contributed by atoms with E-state index in [-0.39, 0.29) is 54.1 Å². The van der Waals surface area contributed by atoms with Crippen LogP contribution < -0.4 is 10.6 Å². The van der Waals surface area contributed by atoms with Crippen LogP contribution in [0.4, 0.5) is 9.59 Å². The molecular formula is C57H78N8O8. The zero-order valence-corrected chi connectivity index (χ0v) is 44.8. The zero-order chi connectivity index (χ0) is 52.7. The number of terminal acetylenes is 1. The van der Waals surface area contributed by atoms with Crippen LogP contribution in [0.25, 0.3) is 33.6 Å². The molecule has 0 radical (unpaired) electrons. The van der Waals surface area contributed by atoms with E-state index in [1.807, 2.05) is 65.8 Å². The van der Waals surface area contributed by atoms with Crippen LogP contribution in [0.3, 0.4) is 0 Å². The predicted molar refractivity (Wildman–Crippen MR) is 281 cm³/mol. The molecule has 4 aromatic rings. The highest BCUT2D eigenvalue weighted by molar-refractivity contribution is 5.88. The first-order valence-corrected chi connectivity index (χ1v) is 26.5. The third-order valence-electron chi connectivity index (χ3n) is 15.6. The molecule has 73 heavy (non-hydrogen) atoms. The number of aromatic nitrogens is 4. The highest BCUT2D eigenvalue weighted by Crippen LogP contribution is 2.40. The van der Waals surface area contributed by atoms with Crippen LogP contribution in [-0.4, -0.2) is 117 Å².